The number of nitrogens with zero attached hydrogens (tertiary/aromatic N) is 2. The SMILES string of the molecule is CCOc1ccc(-c2c(C)nc(C)nc2N)cc1. The molecule has 2 rings (SSSR count). The maximum absolute atomic E-state index is 5.97. The lowest BCUT2D eigenvalue weighted by molar-refractivity contribution is 0.340. The first-order valence-electron chi connectivity index (χ1n) is 5.95. The molecule has 0 saturated heterocycles. The Bertz CT molecular complexity index is 526. The van der Waals surface area contributed by atoms with Crippen LogP contribution in [0.15, 0.2) is 24.3 Å². The molecule has 1 aromatic heterocycles. The van der Waals surface area contributed by atoms with Crippen molar-refractivity contribution in [1.82, 2.24) is 9.97 Å². The van der Waals surface area contributed by atoms with E-state index in [1.54, 1.807) is 0 Å². The molecule has 94 valence electrons. The second-order valence-corrected chi connectivity index (χ2v) is 4.07. The molecule has 0 spiro atoms. The second kappa shape index (κ2) is 5.04. The maximum atomic E-state index is 5.97. The lowest BCUT2D eigenvalue weighted by Crippen LogP contribution is -2.02. The molecule has 0 bridgehead atoms. The van der Waals surface area contributed by atoms with Crippen LogP contribution in [0, 0.1) is 13.8 Å². The molecule has 0 amide bonds. The smallest absolute Gasteiger partial charge is 0.135 e. The number of nitrogens with two attached hydrogens (primary N) is 1. The van der Waals surface area contributed by atoms with Crippen molar-refractivity contribution >= 4 is 5.82 Å². The summed E-state index contributed by atoms with van der Waals surface area (Å²) < 4.78 is 5.41. The quantitative estimate of drug-likeness (QED) is 0.900. The summed E-state index contributed by atoms with van der Waals surface area (Å²) in [5.74, 6) is 2.06. The van der Waals surface area contributed by atoms with Crippen LogP contribution in [0.2, 0.25) is 0 Å². The topological polar surface area (TPSA) is 61.0 Å². The van der Waals surface area contributed by atoms with Crippen LogP contribution < -0.4 is 10.5 Å². The normalized spacial score (nSPS) is 10.4. The number of rotatable bonds is 3. The van der Waals surface area contributed by atoms with E-state index < -0.39 is 0 Å². The van der Waals surface area contributed by atoms with E-state index in [4.69, 9.17) is 10.5 Å². The van der Waals surface area contributed by atoms with E-state index in [1.165, 1.54) is 0 Å². The number of anilines is 1. The number of ether oxygens (including phenoxy) is 1. The fourth-order valence-electron chi connectivity index (χ4n) is 1.98. The van der Waals surface area contributed by atoms with Crippen LogP contribution in [0.3, 0.4) is 0 Å². The Hall–Kier alpha value is -2.10. The average molecular weight is 243 g/mol. The van der Waals surface area contributed by atoms with Crippen LogP contribution in [-0.2, 0) is 0 Å². The van der Waals surface area contributed by atoms with Gasteiger partial charge < -0.3 is 10.5 Å². The highest BCUT2D eigenvalue weighted by molar-refractivity contribution is 5.76. The third kappa shape index (κ3) is 2.42. The van der Waals surface area contributed by atoms with Gasteiger partial charge in [0.2, 0.25) is 0 Å². The van der Waals surface area contributed by atoms with E-state index in [0.717, 1.165) is 22.6 Å². The number of aromatic nitrogens is 2. The minimum absolute atomic E-state index is 0.518. The lowest BCUT2D eigenvalue weighted by atomic mass is 10.0. The number of nitrogen functional groups attached to an aromatic ring is 1. The molecule has 0 aliphatic rings. The van der Waals surface area contributed by atoms with Gasteiger partial charge in [-0.1, -0.05) is 12.1 Å². The molecule has 2 N–H and O–H groups in total. The predicted octanol–water partition coefficient (Wildman–Crippen LogP) is 2.74. The minimum Gasteiger partial charge on any atom is -0.494 e. The highest BCUT2D eigenvalue weighted by Crippen LogP contribution is 2.28. The summed E-state index contributed by atoms with van der Waals surface area (Å²) in [6, 6.07) is 7.81. The van der Waals surface area contributed by atoms with Gasteiger partial charge in [0.25, 0.3) is 0 Å². The molecule has 0 unspecified atom stereocenters. The summed E-state index contributed by atoms with van der Waals surface area (Å²) in [5, 5.41) is 0. The van der Waals surface area contributed by atoms with Gasteiger partial charge in [0.1, 0.15) is 17.4 Å². The molecule has 0 saturated carbocycles. The van der Waals surface area contributed by atoms with Crippen molar-refractivity contribution in [1.29, 1.82) is 0 Å². The molecule has 18 heavy (non-hydrogen) atoms. The lowest BCUT2D eigenvalue weighted by Gasteiger charge is -2.10. The Labute approximate surface area is 107 Å². The number of hydrogen-bond donors (Lipinski definition) is 1. The zero-order chi connectivity index (χ0) is 13.1. The van der Waals surface area contributed by atoms with Crippen molar-refractivity contribution in [3.63, 3.8) is 0 Å². The van der Waals surface area contributed by atoms with E-state index in [9.17, 15) is 0 Å². The van der Waals surface area contributed by atoms with E-state index in [0.29, 0.717) is 18.2 Å². The fourth-order valence-corrected chi connectivity index (χ4v) is 1.98. The zero-order valence-electron chi connectivity index (χ0n) is 10.9. The maximum Gasteiger partial charge on any atom is 0.135 e. The van der Waals surface area contributed by atoms with Gasteiger partial charge in [-0.05, 0) is 38.5 Å². The molecule has 1 aromatic carbocycles. The second-order valence-electron chi connectivity index (χ2n) is 4.07. The van der Waals surface area contributed by atoms with Crippen molar-refractivity contribution in [3.05, 3.63) is 35.8 Å². The van der Waals surface area contributed by atoms with Gasteiger partial charge in [-0.3, -0.25) is 0 Å². The van der Waals surface area contributed by atoms with Gasteiger partial charge in [-0.15, -0.1) is 0 Å². The highest BCUT2D eigenvalue weighted by atomic mass is 16.5. The molecule has 0 atom stereocenters. The standard InChI is InChI=1S/C14H17N3O/c1-4-18-12-7-5-11(6-8-12)13-9(2)16-10(3)17-14(13)15/h5-8H,4H2,1-3H3,(H2,15,16,17). The molecular formula is C14H17N3O. The largest absolute Gasteiger partial charge is 0.494 e. The van der Waals surface area contributed by atoms with Gasteiger partial charge in [0.15, 0.2) is 0 Å². The van der Waals surface area contributed by atoms with Gasteiger partial charge >= 0.3 is 0 Å². The monoisotopic (exact) mass is 243 g/mol. The average Bonchev–Trinajstić information content (AvgIpc) is 2.30. The Morgan fingerprint density at radius 2 is 1.78 bits per heavy atom. The molecule has 0 fully saturated rings. The summed E-state index contributed by atoms with van der Waals surface area (Å²) in [7, 11) is 0. The molecule has 4 nitrogen and oxygen atoms in total. The van der Waals surface area contributed by atoms with Crippen molar-refractivity contribution in [2.45, 2.75) is 20.8 Å². The highest BCUT2D eigenvalue weighted by Gasteiger charge is 2.09. The number of hydrogen-bond acceptors (Lipinski definition) is 4. The number of aryl methyl sites for hydroxylation is 2. The van der Waals surface area contributed by atoms with E-state index in [2.05, 4.69) is 9.97 Å². The van der Waals surface area contributed by atoms with E-state index in [1.807, 2.05) is 45.0 Å². The minimum atomic E-state index is 0.518. The Balaban J connectivity index is 2.42. The van der Waals surface area contributed by atoms with Crippen molar-refractivity contribution in [2.75, 3.05) is 12.3 Å². The summed E-state index contributed by atoms with van der Waals surface area (Å²) in [6.07, 6.45) is 0. The molecule has 0 aliphatic heterocycles. The van der Waals surface area contributed by atoms with Gasteiger partial charge in [-0.25, -0.2) is 9.97 Å². The third-order valence-electron chi connectivity index (χ3n) is 2.68. The van der Waals surface area contributed by atoms with Gasteiger partial charge in [-0.2, -0.15) is 0 Å². The number of benzene rings is 1. The van der Waals surface area contributed by atoms with Crippen LogP contribution in [-0.4, -0.2) is 16.6 Å². The van der Waals surface area contributed by atoms with Crippen LogP contribution >= 0.6 is 0 Å². The van der Waals surface area contributed by atoms with Crippen molar-refractivity contribution < 1.29 is 4.74 Å². The molecule has 0 aliphatic carbocycles. The summed E-state index contributed by atoms with van der Waals surface area (Å²) in [4.78, 5) is 8.55. The first-order chi connectivity index (χ1) is 8.61. The molecule has 1 heterocycles. The Morgan fingerprint density at radius 3 is 2.33 bits per heavy atom. The van der Waals surface area contributed by atoms with E-state index in [-0.39, 0.29) is 0 Å². The van der Waals surface area contributed by atoms with Crippen molar-refractivity contribution in [3.8, 4) is 16.9 Å². The van der Waals surface area contributed by atoms with Crippen LogP contribution in [0.25, 0.3) is 11.1 Å². The summed E-state index contributed by atoms with van der Waals surface area (Å²) in [5.41, 5.74) is 8.76. The molecule has 4 heteroatoms. The van der Waals surface area contributed by atoms with Crippen LogP contribution in [0.4, 0.5) is 5.82 Å². The van der Waals surface area contributed by atoms with Gasteiger partial charge in [0.05, 0.1) is 12.3 Å². The van der Waals surface area contributed by atoms with E-state index >= 15 is 0 Å². The van der Waals surface area contributed by atoms with Gasteiger partial charge in [0, 0.05) is 5.56 Å². The fraction of sp³-hybridized carbons (Fsp3) is 0.286. The summed E-state index contributed by atoms with van der Waals surface area (Å²) in [6.45, 7) is 6.40. The Kier molecular flexibility index (Phi) is 3.46. The predicted molar refractivity (Wildman–Crippen MR) is 72.5 cm³/mol. The molecular weight excluding hydrogens is 226 g/mol. The third-order valence-corrected chi connectivity index (χ3v) is 2.68. The van der Waals surface area contributed by atoms with Crippen molar-refractivity contribution in [2.24, 2.45) is 0 Å². The van der Waals surface area contributed by atoms with Crippen LogP contribution in [0.5, 0.6) is 5.75 Å². The first-order valence-corrected chi connectivity index (χ1v) is 5.95. The zero-order valence-corrected chi connectivity index (χ0v) is 10.9. The summed E-state index contributed by atoms with van der Waals surface area (Å²) >= 11 is 0. The molecule has 0 radical (unpaired) electrons. The van der Waals surface area contributed by atoms with Crippen LogP contribution in [0.1, 0.15) is 18.4 Å². The molecule has 2 aromatic rings. The Morgan fingerprint density at radius 1 is 1.11 bits per heavy atom. The first kappa shape index (κ1) is 12.4.